The first-order chi connectivity index (χ1) is 5.83. The van der Waals surface area contributed by atoms with Gasteiger partial charge in [-0.05, 0) is 28.9 Å². The first kappa shape index (κ1) is 9.17. The molecule has 0 saturated heterocycles. The van der Waals surface area contributed by atoms with Gasteiger partial charge in [0, 0.05) is 0 Å². The number of nitrogens with one attached hydrogen (secondary N) is 1. The largest absolute Gasteiger partial charge is 0.309 e. The molecule has 0 aliphatic rings. The highest BCUT2D eigenvalue weighted by molar-refractivity contribution is 9.10. The quantitative estimate of drug-likeness (QED) is 0.720. The van der Waals surface area contributed by atoms with Crippen LogP contribution >= 0.6 is 15.9 Å². The van der Waals surface area contributed by atoms with Crippen LogP contribution < -0.4 is 5.32 Å². The molecule has 0 aliphatic heterocycles. The van der Waals surface area contributed by atoms with Crippen LogP contribution in [0.5, 0.6) is 0 Å². The summed E-state index contributed by atoms with van der Waals surface area (Å²) >= 11 is 3.19. The van der Waals surface area contributed by atoms with E-state index in [-0.39, 0.29) is 0 Å². The van der Waals surface area contributed by atoms with Gasteiger partial charge in [0.25, 0.3) is 0 Å². The molecule has 3 nitrogen and oxygen atoms in total. The van der Waals surface area contributed by atoms with Crippen molar-refractivity contribution in [3.8, 4) is 11.8 Å². The third kappa shape index (κ3) is 2.99. The van der Waals surface area contributed by atoms with Crippen LogP contribution in [0.1, 0.15) is 5.69 Å². The number of hydrogen-bond acceptors (Lipinski definition) is 3. The second-order valence-corrected chi connectivity index (χ2v) is 2.87. The Morgan fingerprint density at radius 3 is 2.92 bits per heavy atom. The molecular weight excluding hydrogens is 218 g/mol. The molecule has 0 saturated carbocycles. The van der Waals surface area contributed by atoms with Crippen molar-refractivity contribution in [2.45, 2.75) is 0 Å². The number of aromatic nitrogens is 2. The van der Waals surface area contributed by atoms with E-state index in [4.69, 9.17) is 0 Å². The predicted molar refractivity (Wildman–Crippen MR) is 50.5 cm³/mol. The van der Waals surface area contributed by atoms with E-state index >= 15 is 0 Å². The Balaban J connectivity index is 2.66. The molecule has 0 fully saturated rings. The Hall–Kier alpha value is -0.920. The first-order valence-corrected chi connectivity index (χ1v) is 4.23. The minimum Gasteiger partial charge on any atom is -0.309 e. The Kier molecular flexibility index (Phi) is 3.71. The van der Waals surface area contributed by atoms with Gasteiger partial charge in [-0.2, -0.15) is 0 Å². The molecule has 0 radical (unpaired) electrons. The minimum atomic E-state index is 0.664. The predicted octanol–water partition coefficient (Wildman–Crippen LogP) is 0.810. The van der Waals surface area contributed by atoms with E-state index in [9.17, 15) is 0 Å². The molecule has 12 heavy (non-hydrogen) atoms. The molecule has 0 amide bonds. The van der Waals surface area contributed by atoms with E-state index in [1.165, 1.54) is 0 Å². The third-order valence-corrected chi connectivity index (χ3v) is 1.51. The zero-order valence-electron chi connectivity index (χ0n) is 6.63. The van der Waals surface area contributed by atoms with Crippen molar-refractivity contribution in [3.63, 3.8) is 0 Å². The summed E-state index contributed by atoms with van der Waals surface area (Å²) in [5.74, 6) is 5.76. The molecule has 0 aromatic carbocycles. The fourth-order valence-corrected chi connectivity index (χ4v) is 0.805. The van der Waals surface area contributed by atoms with E-state index < -0.39 is 0 Å². The molecular formula is C8H8BrN3. The van der Waals surface area contributed by atoms with Gasteiger partial charge in [-0.25, -0.2) is 9.97 Å². The smallest absolute Gasteiger partial charge is 0.131 e. The van der Waals surface area contributed by atoms with E-state index in [1.54, 1.807) is 12.4 Å². The maximum absolute atomic E-state index is 4.04. The average molecular weight is 226 g/mol. The normalized spacial score (nSPS) is 8.83. The Morgan fingerprint density at radius 2 is 2.33 bits per heavy atom. The summed E-state index contributed by atoms with van der Waals surface area (Å²) in [5, 5.41) is 2.92. The van der Waals surface area contributed by atoms with Gasteiger partial charge in [-0.3, -0.25) is 0 Å². The van der Waals surface area contributed by atoms with Crippen molar-refractivity contribution in [2.75, 3.05) is 13.6 Å². The highest BCUT2D eigenvalue weighted by atomic mass is 79.9. The summed E-state index contributed by atoms with van der Waals surface area (Å²) < 4.78 is 0.724. The van der Waals surface area contributed by atoms with E-state index in [0.29, 0.717) is 12.2 Å². The average Bonchev–Trinajstić information content (AvgIpc) is 2.09. The molecule has 0 aliphatic carbocycles. The monoisotopic (exact) mass is 225 g/mol. The van der Waals surface area contributed by atoms with Crippen molar-refractivity contribution in [2.24, 2.45) is 0 Å². The van der Waals surface area contributed by atoms with Crippen LogP contribution in [-0.2, 0) is 0 Å². The summed E-state index contributed by atoms with van der Waals surface area (Å²) in [6.07, 6.45) is 3.26. The standard InChI is InChI=1S/C8H8BrN3/c1-10-4-2-3-7-5-12-8(9)6-11-7/h5-6,10H,4H2,1H3. The van der Waals surface area contributed by atoms with Gasteiger partial charge in [0.1, 0.15) is 10.3 Å². The summed E-state index contributed by atoms with van der Waals surface area (Å²) in [4.78, 5) is 8.03. The molecule has 0 atom stereocenters. The lowest BCUT2D eigenvalue weighted by atomic mass is 10.4. The minimum absolute atomic E-state index is 0.664. The van der Waals surface area contributed by atoms with Crippen LogP contribution in [0.2, 0.25) is 0 Å². The van der Waals surface area contributed by atoms with Crippen LogP contribution in [0.25, 0.3) is 0 Å². The first-order valence-electron chi connectivity index (χ1n) is 3.44. The molecule has 1 heterocycles. The lowest BCUT2D eigenvalue weighted by molar-refractivity contribution is 0.937. The second kappa shape index (κ2) is 4.86. The van der Waals surface area contributed by atoms with Crippen molar-refractivity contribution in [1.82, 2.24) is 15.3 Å². The topological polar surface area (TPSA) is 37.8 Å². The molecule has 0 bridgehead atoms. The lowest BCUT2D eigenvalue weighted by Crippen LogP contribution is -2.04. The summed E-state index contributed by atoms with van der Waals surface area (Å²) in [5.41, 5.74) is 0.688. The Morgan fingerprint density at radius 1 is 1.50 bits per heavy atom. The fourth-order valence-electron chi connectivity index (χ4n) is 0.600. The molecule has 62 valence electrons. The molecule has 1 aromatic heterocycles. The molecule has 0 unspecified atom stereocenters. The van der Waals surface area contributed by atoms with Crippen LogP contribution in [0.3, 0.4) is 0 Å². The summed E-state index contributed by atoms with van der Waals surface area (Å²) in [7, 11) is 1.85. The van der Waals surface area contributed by atoms with E-state index in [0.717, 1.165) is 4.60 Å². The zero-order chi connectivity index (χ0) is 8.81. The van der Waals surface area contributed by atoms with Crippen LogP contribution in [0.15, 0.2) is 17.0 Å². The van der Waals surface area contributed by atoms with Gasteiger partial charge in [0.05, 0.1) is 18.9 Å². The van der Waals surface area contributed by atoms with Crippen LogP contribution in [0, 0.1) is 11.8 Å². The van der Waals surface area contributed by atoms with Crippen molar-refractivity contribution in [1.29, 1.82) is 0 Å². The Labute approximate surface area is 79.7 Å². The molecule has 4 heteroatoms. The number of nitrogens with zero attached hydrogens (tertiary/aromatic N) is 2. The van der Waals surface area contributed by atoms with E-state index in [2.05, 4.69) is 43.1 Å². The van der Waals surface area contributed by atoms with E-state index in [1.807, 2.05) is 7.05 Å². The number of hydrogen-bond donors (Lipinski definition) is 1. The number of halogens is 1. The molecule has 1 aromatic rings. The maximum atomic E-state index is 4.04. The summed E-state index contributed by atoms with van der Waals surface area (Å²) in [6, 6.07) is 0. The van der Waals surface area contributed by atoms with Gasteiger partial charge < -0.3 is 5.32 Å². The SMILES string of the molecule is CNCC#Cc1cnc(Br)cn1. The molecule has 1 rings (SSSR count). The maximum Gasteiger partial charge on any atom is 0.131 e. The van der Waals surface area contributed by atoms with Gasteiger partial charge in [0.15, 0.2) is 0 Å². The van der Waals surface area contributed by atoms with Crippen molar-refractivity contribution < 1.29 is 0 Å². The van der Waals surface area contributed by atoms with Crippen molar-refractivity contribution >= 4 is 15.9 Å². The third-order valence-electron chi connectivity index (χ3n) is 1.10. The van der Waals surface area contributed by atoms with Gasteiger partial charge in [-0.1, -0.05) is 5.92 Å². The zero-order valence-corrected chi connectivity index (χ0v) is 8.22. The highest BCUT2D eigenvalue weighted by Crippen LogP contribution is 2.01. The number of rotatable bonds is 1. The van der Waals surface area contributed by atoms with Gasteiger partial charge in [0.2, 0.25) is 0 Å². The van der Waals surface area contributed by atoms with Crippen LogP contribution in [-0.4, -0.2) is 23.6 Å². The highest BCUT2D eigenvalue weighted by Gasteiger charge is 1.88. The molecule has 0 spiro atoms. The lowest BCUT2D eigenvalue weighted by Gasteiger charge is -1.88. The van der Waals surface area contributed by atoms with Crippen LogP contribution in [0.4, 0.5) is 0 Å². The Bertz CT molecular complexity index is 296. The second-order valence-electron chi connectivity index (χ2n) is 2.06. The van der Waals surface area contributed by atoms with Gasteiger partial charge >= 0.3 is 0 Å². The summed E-state index contributed by atoms with van der Waals surface area (Å²) in [6.45, 7) is 0.664. The fraction of sp³-hybridized carbons (Fsp3) is 0.250. The van der Waals surface area contributed by atoms with Gasteiger partial charge in [-0.15, -0.1) is 0 Å². The molecule has 1 N–H and O–H groups in total. The van der Waals surface area contributed by atoms with Crippen molar-refractivity contribution in [3.05, 3.63) is 22.7 Å².